The van der Waals surface area contributed by atoms with E-state index >= 15 is 0 Å². The number of carboxylic acid groups (broad SMARTS) is 1. The molecule has 0 aliphatic carbocycles. The first kappa shape index (κ1) is 9.98. The Morgan fingerprint density at radius 2 is 2.31 bits per heavy atom. The van der Waals surface area contributed by atoms with Gasteiger partial charge in [-0.1, -0.05) is 13.3 Å². The zero-order chi connectivity index (χ0) is 10.1. The highest BCUT2D eigenvalue weighted by Crippen LogP contribution is 2.25. The van der Waals surface area contributed by atoms with E-state index in [0.29, 0.717) is 19.4 Å². The number of hydrogen-bond acceptors (Lipinski definition) is 3. The summed E-state index contributed by atoms with van der Waals surface area (Å²) in [5.74, 6) is -1.64. The molecule has 1 saturated heterocycles. The number of likely N-dealkylation sites (tertiary alicyclic amines) is 1. The zero-order valence-corrected chi connectivity index (χ0v) is 7.49. The van der Waals surface area contributed by atoms with Crippen molar-refractivity contribution in [3.05, 3.63) is 0 Å². The van der Waals surface area contributed by atoms with Crippen LogP contribution in [0.1, 0.15) is 26.2 Å². The summed E-state index contributed by atoms with van der Waals surface area (Å²) in [7, 11) is 0. The maximum atomic E-state index is 11.0. The summed E-state index contributed by atoms with van der Waals surface area (Å²) in [5.41, 5.74) is -1.98. The van der Waals surface area contributed by atoms with Crippen molar-refractivity contribution in [1.29, 1.82) is 0 Å². The van der Waals surface area contributed by atoms with Crippen LogP contribution in [0.4, 0.5) is 0 Å². The number of rotatable bonds is 4. The summed E-state index contributed by atoms with van der Waals surface area (Å²) in [4.78, 5) is 22.7. The van der Waals surface area contributed by atoms with Crippen molar-refractivity contribution < 1.29 is 19.8 Å². The second kappa shape index (κ2) is 3.33. The molecular weight excluding hydrogens is 174 g/mol. The Bertz CT molecular complexity index is 240. The van der Waals surface area contributed by atoms with E-state index in [1.807, 2.05) is 0 Å². The van der Waals surface area contributed by atoms with Gasteiger partial charge >= 0.3 is 5.97 Å². The van der Waals surface area contributed by atoms with E-state index in [0.717, 1.165) is 4.90 Å². The number of carboxylic acids is 1. The van der Waals surface area contributed by atoms with Gasteiger partial charge in [0.15, 0.2) is 0 Å². The first-order valence-corrected chi connectivity index (χ1v) is 4.28. The molecule has 1 unspecified atom stereocenters. The summed E-state index contributed by atoms with van der Waals surface area (Å²) in [6, 6.07) is 0. The van der Waals surface area contributed by atoms with Gasteiger partial charge in [0.1, 0.15) is 0 Å². The van der Waals surface area contributed by atoms with Gasteiger partial charge in [-0.2, -0.15) is 0 Å². The summed E-state index contributed by atoms with van der Waals surface area (Å²) in [6.45, 7) is 2.10. The number of carbonyl (C=O) groups is 2. The highest BCUT2D eigenvalue weighted by atomic mass is 16.4. The van der Waals surface area contributed by atoms with Crippen molar-refractivity contribution >= 4 is 11.9 Å². The zero-order valence-electron chi connectivity index (χ0n) is 7.49. The molecule has 1 aliphatic rings. The van der Waals surface area contributed by atoms with Crippen LogP contribution < -0.4 is 0 Å². The highest BCUT2D eigenvalue weighted by Gasteiger charge is 2.47. The molecule has 5 nitrogen and oxygen atoms in total. The Morgan fingerprint density at radius 1 is 1.69 bits per heavy atom. The molecule has 0 bridgehead atoms. The average Bonchev–Trinajstić information content (AvgIpc) is 2.01. The fraction of sp³-hybridized carbons (Fsp3) is 0.750. The molecule has 1 heterocycles. The molecular formula is C8H13NO4. The number of carbonyl (C=O) groups excluding carboxylic acids is 1. The van der Waals surface area contributed by atoms with Gasteiger partial charge in [-0.3, -0.25) is 4.79 Å². The maximum absolute atomic E-state index is 11.0. The predicted octanol–water partition coefficient (Wildman–Crippen LogP) is -0.208. The van der Waals surface area contributed by atoms with E-state index < -0.39 is 11.7 Å². The lowest BCUT2D eigenvalue weighted by Gasteiger charge is -2.41. The lowest BCUT2D eigenvalue weighted by molar-refractivity contribution is -0.199. The normalized spacial score (nSPS) is 20.8. The Balaban J connectivity index is 2.77. The van der Waals surface area contributed by atoms with E-state index in [2.05, 4.69) is 0 Å². The Labute approximate surface area is 76.0 Å². The molecule has 2 N–H and O–H groups in total. The largest absolute Gasteiger partial charge is 0.478 e. The molecule has 13 heavy (non-hydrogen) atoms. The van der Waals surface area contributed by atoms with E-state index in [9.17, 15) is 14.7 Å². The lowest BCUT2D eigenvalue weighted by atomic mass is 10.0. The molecule has 5 heteroatoms. The van der Waals surface area contributed by atoms with Crippen LogP contribution in [0.15, 0.2) is 0 Å². The van der Waals surface area contributed by atoms with E-state index in [1.54, 1.807) is 6.92 Å². The van der Waals surface area contributed by atoms with E-state index in [1.165, 1.54) is 0 Å². The Hall–Kier alpha value is -1.10. The van der Waals surface area contributed by atoms with Gasteiger partial charge in [0, 0.05) is 19.4 Å². The molecule has 0 saturated carbocycles. The third kappa shape index (κ3) is 1.51. The van der Waals surface area contributed by atoms with Gasteiger partial charge in [0.25, 0.3) is 0 Å². The number of aliphatic hydroxyl groups is 1. The van der Waals surface area contributed by atoms with Crippen molar-refractivity contribution in [2.24, 2.45) is 0 Å². The summed E-state index contributed by atoms with van der Waals surface area (Å²) in [5, 5.41) is 18.5. The molecule has 0 aromatic heterocycles. The van der Waals surface area contributed by atoms with Gasteiger partial charge in [-0.05, 0) is 0 Å². The highest BCUT2D eigenvalue weighted by molar-refractivity contribution is 5.89. The Kier molecular flexibility index (Phi) is 2.56. The van der Waals surface area contributed by atoms with Crippen LogP contribution in [0.5, 0.6) is 0 Å². The lowest BCUT2D eigenvalue weighted by Crippen LogP contribution is -2.62. The van der Waals surface area contributed by atoms with Crippen molar-refractivity contribution in [2.75, 3.05) is 6.54 Å². The summed E-state index contributed by atoms with van der Waals surface area (Å²) >= 11 is 0. The third-order valence-corrected chi connectivity index (χ3v) is 2.24. The van der Waals surface area contributed by atoms with Crippen molar-refractivity contribution in [3.63, 3.8) is 0 Å². The van der Waals surface area contributed by atoms with E-state index in [-0.39, 0.29) is 12.3 Å². The van der Waals surface area contributed by atoms with Crippen molar-refractivity contribution in [2.45, 2.75) is 31.9 Å². The second-order valence-corrected chi connectivity index (χ2v) is 3.17. The molecule has 0 aromatic rings. The van der Waals surface area contributed by atoms with Crippen LogP contribution in [0.25, 0.3) is 0 Å². The molecule has 1 amide bonds. The average molecular weight is 187 g/mol. The molecule has 0 radical (unpaired) electrons. The van der Waals surface area contributed by atoms with Crippen LogP contribution in [0, 0.1) is 0 Å². The number of hydrogen-bond donors (Lipinski definition) is 2. The first-order valence-electron chi connectivity index (χ1n) is 4.28. The van der Waals surface area contributed by atoms with Gasteiger partial charge < -0.3 is 15.1 Å². The van der Waals surface area contributed by atoms with Crippen LogP contribution in [0.2, 0.25) is 0 Å². The summed E-state index contributed by atoms with van der Waals surface area (Å²) < 4.78 is 0. The number of nitrogens with zero attached hydrogens (tertiary/aromatic N) is 1. The van der Waals surface area contributed by atoms with Gasteiger partial charge in [0.2, 0.25) is 11.6 Å². The quantitative estimate of drug-likeness (QED) is 0.597. The molecule has 0 spiro atoms. The fourth-order valence-electron chi connectivity index (χ4n) is 1.41. The van der Waals surface area contributed by atoms with Crippen LogP contribution >= 0.6 is 0 Å². The smallest absolute Gasteiger partial charge is 0.357 e. The molecule has 1 rings (SSSR count). The standard InChI is InChI=1S/C8H13NO4/c1-2-4-8(13,7(11)12)9-5-3-6(9)10/h13H,2-5H2,1H3,(H,11,12). The molecule has 1 aliphatic heterocycles. The third-order valence-electron chi connectivity index (χ3n) is 2.24. The predicted molar refractivity (Wildman–Crippen MR) is 43.8 cm³/mol. The minimum absolute atomic E-state index is 0.0775. The van der Waals surface area contributed by atoms with Gasteiger partial charge in [-0.25, -0.2) is 4.79 Å². The fourth-order valence-corrected chi connectivity index (χ4v) is 1.41. The van der Waals surface area contributed by atoms with Crippen molar-refractivity contribution in [3.8, 4) is 0 Å². The SMILES string of the molecule is CCCC(O)(C(=O)O)N1CCC1=O. The van der Waals surface area contributed by atoms with E-state index in [4.69, 9.17) is 5.11 Å². The van der Waals surface area contributed by atoms with Crippen LogP contribution in [-0.2, 0) is 9.59 Å². The molecule has 74 valence electrons. The first-order chi connectivity index (χ1) is 6.02. The maximum Gasteiger partial charge on any atom is 0.357 e. The number of amides is 1. The molecule has 0 aromatic carbocycles. The van der Waals surface area contributed by atoms with Gasteiger partial charge in [-0.15, -0.1) is 0 Å². The van der Waals surface area contributed by atoms with Crippen LogP contribution in [0.3, 0.4) is 0 Å². The monoisotopic (exact) mass is 187 g/mol. The van der Waals surface area contributed by atoms with Crippen LogP contribution in [-0.4, -0.2) is 39.3 Å². The van der Waals surface area contributed by atoms with Crippen molar-refractivity contribution in [1.82, 2.24) is 4.90 Å². The van der Waals surface area contributed by atoms with Gasteiger partial charge in [0.05, 0.1) is 0 Å². The minimum atomic E-state index is -1.98. The minimum Gasteiger partial charge on any atom is -0.478 e. The summed E-state index contributed by atoms with van der Waals surface area (Å²) in [6.07, 6.45) is 0.931. The number of β-lactam (4-membered cyclic amide) rings is 1. The second-order valence-electron chi connectivity index (χ2n) is 3.17. The Morgan fingerprint density at radius 3 is 2.54 bits per heavy atom. The molecule has 1 fully saturated rings. The topological polar surface area (TPSA) is 77.8 Å². The molecule has 1 atom stereocenters. The number of aliphatic carboxylic acids is 1.